The Kier molecular flexibility index (Phi) is 7.03. The Morgan fingerprint density at radius 1 is 1.27 bits per heavy atom. The maximum absolute atomic E-state index is 5.44. The van der Waals surface area contributed by atoms with Crippen molar-refractivity contribution in [3.8, 4) is 5.75 Å². The third kappa shape index (κ3) is 5.73. The highest BCUT2D eigenvalue weighted by atomic mass is 32.1. The van der Waals surface area contributed by atoms with Gasteiger partial charge in [-0.1, -0.05) is 38.5 Å². The van der Waals surface area contributed by atoms with Gasteiger partial charge in [-0.3, -0.25) is 4.99 Å². The Labute approximate surface area is 160 Å². The van der Waals surface area contributed by atoms with E-state index in [0.717, 1.165) is 35.4 Å². The quantitative estimate of drug-likeness (QED) is 0.598. The van der Waals surface area contributed by atoms with E-state index in [9.17, 15) is 0 Å². The summed E-state index contributed by atoms with van der Waals surface area (Å²) in [5.41, 5.74) is 3.65. The van der Waals surface area contributed by atoms with Crippen molar-refractivity contribution >= 4 is 17.3 Å². The maximum atomic E-state index is 5.44. The molecule has 0 aliphatic carbocycles. The van der Waals surface area contributed by atoms with E-state index in [-0.39, 0.29) is 5.41 Å². The molecule has 0 atom stereocenters. The second-order valence-corrected chi connectivity index (χ2v) is 8.24. The van der Waals surface area contributed by atoms with Gasteiger partial charge in [0.15, 0.2) is 5.96 Å². The van der Waals surface area contributed by atoms with Crippen LogP contribution in [0, 0.1) is 6.92 Å². The van der Waals surface area contributed by atoms with Gasteiger partial charge in [0.1, 0.15) is 10.8 Å². The number of nitrogens with zero attached hydrogens (tertiary/aromatic N) is 2. The highest BCUT2D eigenvalue weighted by Crippen LogP contribution is 2.23. The normalized spacial score (nSPS) is 12.2. The summed E-state index contributed by atoms with van der Waals surface area (Å²) < 4.78 is 5.44. The monoisotopic (exact) mass is 374 g/mol. The summed E-state index contributed by atoms with van der Waals surface area (Å²) in [4.78, 5) is 8.99. The summed E-state index contributed by atoms with van der Waals surface area (Å²) in [7, 11) is 3.49. The summed E-state index contributed by atoms with van der Waals surface area (Å²) in [6, 6.07) is 6.25. The van der Waals surface area contributed by atoms with Crippen LogP contribution in [0.3, 0.4) is 0 Å². The van der Waals surface area contributed by atoms with Crippen LogP contribution >= 0.6 is 11.3 Å². The Hall–Kier alpha value is -2.08. The molecule has 2 rings (SSSR count). The number of hydrogen-bond donors (Lipinski definition) is 2. The topological polar surface area (TPSA) is 58.5 Å². The predicted octanol–water partition coefficient (Wildman–Crippen LogP) is 3.67. The number of aromatic nitrogens is 1. The van der Waals surface area contributed by atoms with Crippen LogP contribution in [0.1, 0.15) is 42.6 Å². The second kappa shape index (κ2) is 9.03. The number of guanidine groups is 1. The number of nitrogens with one attached hydrogen (secondary N) is 2. The van der Waals surface area contributed by atoms with Gasteiger partial charge in [-0.2, -0.15) is 0 Å². The molecular weight excluding hydrogens is 344 g/mol. The lowest BCUT2D eigenvalue weighted by atomic mass is 9.93. The van der Waals surface area contributed by atoms with Crippen LogP contribution in [0.15, 0.2) is 28.6 Å². The molecule has 142 valence electrons. The molecule has 0 saturated heterocycles. The first-order chi connectivity index (χ1) is 12.3. The molecule has 0 amide bonds. The molecule has 6 heteroatoms. The molecular formula is C20H30N4OS. The molecule has 0 bridgehead atoms. The largest absolute Gasteiger partial charge is 0.496 e. The zero-order valence-electron chi connectivity index (χ0n) is 16.6. The van der Waals surface area contributed by atoms with Gasteiger partial charge >= 0.3 is 0 Å². The first kappa shape index (κ1) is 20.2. The molecule has 1 aromatic heterocycles. The highest BCUT2D eigenvalue weighted by molar-refractivity contribution is 7.09. The van der Waals surface area contributed by atoms with Crippen LogP contribution in [0.25, 0.3) is 0 Å². The van der Waals surface area contributed by atoms with Crippen molar-refractivity contribution in [1.29, 1.82) is 0 Å². The first-order valence-electron chi connectivity index (χ1n) is 8.86. The third-order valence-electron chi connectivity index (χ3n) is 4.07. The summed E-state index contributed by atoms with van der Waals surface area (Å²) in [6.07, 6.45) is 0.872. The average molecular weight is 375 g/mol. The van der Waals surface area contributed by atoms with E-state index in [1.807, 2.05) is 6.07 Å². The summed E-state index contributed by atoms with van der Waals surface area (Å²) >= 11 is 1.68. The van der Waals surface area contributed by atoms with Crippen molar-refractivity contribution in [2.24, 2.45) is 4.99 Å². The van der Waals surface area contributed by atoms with Crippen molar-refractivity contribution in [3.05, 3.63) is 45.4 Å². The van der Waals surface area contributed by atoms with Crippen LogP contribution in [0.5, 0.6) is 5.75 Å². The van der Waals surface area contributed by atoms with Crippen LogP contribution in [0.4, 0.5) is 0 Å². The Bertz CT molecular complexity index is 747. The van der Waals surface area contributed by atoms with Gasteiger partial charge < -0.3 is 15.4 Å². The molecule has 0 unspecified atom stereocenters. The fourth-order valence-corrected chi connectivity index (χ4v) is 3.50. The number of thiazole rings is 1. The molecule has 5 nitrogen and oxygen atoms in total. The number of ether oxygens (including phenoxy) is 1. The number of rotatable bonds is 6. The molecule has 2 aromatic rings. The van der Waals surface area contributed by atoms with E-state index in [0.29, 0.717) is 6.54 Å². The molecule has 1 heterocycles. The smallest absolute Gasteiger partial charge is 0.191 e. The number of benzene rings is 1. The second-order valence-electron chi connectivity index (χ2n) is 7.29. The number of hydrogen-bond acceptors (Lipinski definition) is 4. The zero-order valence-corrected chi connectivity index (χ0v) is 17.5. The van der Waals surface area contributed by atoms with E-state index in [1.54, 1.807) is 25.5 Å². The molecule has 0 spiro atoms. The molecule has 26 heavy (non-hydrogen) atoms. The number of aliphatic imine (C=N–C) groups is 1. The van der Waals surface area contributed by atoms with Crippen LogP contribution < -0.4 is 15.4 Å². The Balaban J connectivity index is 1.85. The van der Waals surface area contributed by atoms with Gasteiger partial charge in [-0.05, 0) is 25.0 Å². The van der Waals surface area contributed by atoms with Crippen molar-refractivity contribution in [3.63, 3.8) is 0 Å². The predicted molar refractivity (Wildman–Crippen MR) is 110 cm³/mol. The zero-order chi connectivity index (χ0) is 19.2. The molecule has 0 aliphatic rings. The molecule has 0 fully saturated rings. The van der Waals surface area contributed by atoms with Gasteiger partial charge in [0, 0.05) is 24.4 Å². The molecule has 2 N–H and O–H groups in total. The first-order valence-corrected chi connectivity index (χ1v) is 9.74. The van der Waals surface area contributed by atoms with Crippen LogP contribution in [0.2, 0.25) is 0 Å². The SMILES string of the molecule is CN=C(NCCc1cc(C)ccc1OC)NCc1nc(C(C)(C)C)cs1. The van der Waals surface area contributed by atoms with Crippen molar-refractivity contribution < 1.29 is 4.74 Å². The van der Waals surface area contributed by atoms with E-state index in [1.165, 1.54) is 11.1 Å². The number of aryl methyl sites for hydroxylation is 1. The summed E-state index contributed by atoms with van der Waals surface area (Å²) in [5.74, 6) is 1.71. The average Bonchev–Trinajstić information content (AvgIpc) is 3.07. The van der Waals surface area contributed by atoms with E-state index in [4.69, 9.17) is 9.72 Å². The van der Waals surface area contributed by atoms with Gasteiger partial charge in [-0.15, -0.1) is 11.3 Å². The third-order valence-corrected chi connectivity index (χ3v) is 4.92. The Morgan fingerprint density at radius 2 is 2.04 bits per heavy atom. The van der Waals surface area contributed by atoms with Crippen molar-refractivity contribution in [2.45, 2.75) is 46.1 Å². The molecule has 0 radical (unpaired) electrons. The molecule has 0 saturated carbocycles. The van der Waals surface area contributed by atoms with Gasteiger partial charge in [0.05, 0.1) is 19.3 Å². The van der Waals surface area contributed by atoms with Crippen molar-refractivity contribution in [1.82, 2.24) is 15.6 Å². The standard InChI is InChI=1S/C20H30N4OS/c1-14-7-8-16(25-6)15(11-14)9-10-22-19(21-5)23-12-18-24-17(13-26-18)20(2,3)4/h7-8,11,13H,9-10,12H2,1-6H3,(H2,21,22,23). The van der Waals surface area contributed by atoms with Crippen molar-refractivity contribution in [2.75, 3.05) is 20.7 Å². The van der Waals surface area contributed by atoms with Gasteiger partial charge in [0.25, 0.3) is 0 Å². The van der Waals surface area contributed by atoms with E-state index >= 15 is 0 Å². The molecule has 0 aliphatic heterocycles. The van der Waals surface area contributed by atoms with Crippen LogP contribution in [-0.2, 0) is 18.4 Å². The lowest BCUT2D eigenvalue weighted by molar-refractivity contribution is 0.409. The fourth-order valence-electron chi connectivity index (χ4n) is 2.53. The van der Waals surface area contributed by atoms with Gasteiger partial charge in [-0.25, -0.2) is 4.98 Å². The minimum Gasteiger partial charge on any atom is -0.496 e. The minimum absolute atomic E-state index is 0.0849. The highest BCUT2D eigenvalue weighted by Gasteiger charge is 2.17. The minimum atomic E-state index is 0.0849. The van der Waals surface area contributed by atoms with Crippen LogP contribution in [-0.4, -0.2) is 31.6 Å². The fraction of sp³-hybridized carbons (Fsp3) is 0.500. The van der Waals surface area contributed by atoms with E-state index < -0.39 is 0 Å². The van der Waals surface area contributed by atoms with E-state index in [2.05, 4.69) is 60.8 Å². The Morgan fingerprint density at radius 3 is 2.65 bits per heavy atom. The summed E-state index contributed by atoms with van der Waals surface area (Å²) in [5, 5.41) is 9.89. The lowest BCUT2D eigenvalue weighted by Gasteiger charge is -2.14. The lowest BCUT2D eigenvalue weighted by Crippen LogP contribution is -2.37. The molecule has 1 aromatic carbocycles. The number of methoxy groups -OCH3 is 1. The summed E-state index contributed by atoms with van der Waals surface area (Å²) in [6.45, 7) is 10.1. The van der Waals surface area contributed by atoms with Gasteiger partial charge in [0.2, 0.25) is 0 Å². The maximum Gasteiger partial charge on any atom is 0.191 e.